The van der Waals surface area contributed by atoms with E-state index in [1.54, 1.807) is 6.07 Å². The largest absolute Gasteiger partial charge is 0.493 e. The van der Waals surface area contributed by atoms with Crippen molar-refractivity contribution in [2.24, 2.45) is 0 Å². The lowest BCUT2D eigenvalue weighted by atomic mass is 10.0. The van der Waals surface area contributed by atoms with E-state index in [1.807, 2.05) is 12.1 Å². The van der Waals surface area contributed by atoms with Gasteiger partial charge in [0.25, 0.3) is 12.3 Å². The molecular weight excluding hydrogens is 362 g/mol. The molecule has 0 N–H and O–H groups in total. The second-order valence-electron chi connectivity index (χ2n) is 7.21. The number of rotatable bonds is 3. The van der Waals surface area contributed by atoms with E-state index in [0.29, 0.717) is 36.4 Å². The number of fused-ring (bicyclic) bond motifs is 2. The van der Waals surface area contributed by atoms with Crippen LogP contribution < -0.4 is 9.64 Å². The highest BCUT2D eigenvalue weighted by molar-refractivity contribution is 5.69. The van der Waals surface area contributed by atoms with Gasteiger partial charge in [0, 0.05) is 30.5 Å². The topological polar surface area (TPSA) is 38.2 Å². The van der Waals surface area contributed by atoms with Crippen LogP contribution in [0.25, 0.3) is 11.3 Å². The Hall–Kier alpha value is -2.38. The van der Waals surface area contributed by atoms with Crippen molar-refractivity contribution in [1.29, 1.82) is 0 Å². The van der Waals surface area contributed by atoms with Crippen molar-refractivity contribution in [2.45, 2.75) is 44.1 Å². The minimum atomic E-state index is -3.07. The lowest BCUT2D eigenvalue weighted by Crippen LogP contribution is -2.53. The number of hydrogen-bond donors (Lipinski definition) is 0. The predicted octanol–water partition coefficient (Wildman–Crippen LogP) is 3.96. The standard InChI is InChI=1S/C19H17F4N3O/c20-17(21)13-4-7-26(13)18-24-15(12-3-6-19(22,23)16(12)25-18)11-2-1-10-5-8-27-14(10)9-11/h1-2,9,13,17H,3-8H2. The van der Waals surface area contributed by atoms with Gasteiger partial charge in [-0.2, -0.15) is 8.78 Å². The molecule has 4 nitrogen and oxygen atoms in total. The molecule has 0 amide bonds. The van der Waals surface area contributed by atoms with Crippen LogP contribution in [0.3, 0.4) is 0 Å². The van der Waals surface area contributed by atoms with Crippen LogP contribution in [-0.2, 0) is 18.8 Å². The summed E-state index contributed by atoms with van der Waals surface area (Å²) >= 11 is 0. The highest BCUT2D eigenvalue weighted by atomic mass is 19.3. The molecule has 2 aliphatic heterocycles. The first-order valence-electron chi connectivity index (χ1n) is 9.04. The maximum Gasteiger partial charge on any atom is 0.290 e. The highest BCUT2D eigenvalue weighted by Crippen LogP contribution is 2.45. The average Bonchev–Trinajstić information content (AvgIpc) is 3.17. The summed E-state index contributed by atoms with van der Waals surface area (Å²) in [4.78, 5) is 9.80. The normalized spacial score (nSPS) is 22.4. The Morgan fingerprint density at radius 1 is 1.19 bits per heavy atom. The summed E-state index contributed by atoms with van der Waals surface area (Å²) in [5.74, 6) is -2.39. The molecule has 3 heterocycles. The molecule has 5 rings (SSSR count). The fourth-order valence-electron chi connectivity index (χ4n) is 4.01. The summed E-state index contributed by atoms with van der Waals surface area (Å²) in [6, 6.07) is 4.52. The number of hydrogen-bond acceptors (Lipinski definition) is 4. The molecule has 1 unspecified atom stereocenters. The number of nitrogens with zero attached hydrogens (tertiary/aromatic N) is 3. The Labute approximate surface area is 153 Å². The zero-order chi connectivity index (χ0) is 18.8. The number of ether oxygens (including phenoxy) is 1. The second kappa shape index (κ2) is 5.81. The monoisotopic (exact) mass is 379 g/mol. The molecule has 0 radical (unpaired) electrons. The molecule has 0 spiro atoms. The van der Waals surface area contributed by atoms with Gasteiger partial charge >= 0.3 is 0 Å². The Bertz CT molecular complexity index is 918. The van der Waals surface area contributed by atoms with E-state index < -0.39 is 18.4 Å². The van der Waals surface area contributed by atoms with Gasteiger partial charge in [0.1, 0.15) is 11.4 Å². The van der Waals surface area contributed by atoms with Crippen LogP contribution in [0, 0.1) is 0 Å². The van der Waals surface area contributed by atoms with Gasteiger partial charge in [-0.25, -0.2) is 18.7 Å². The van der Waals surface area contributed by atoms with Crippen LogP contribution >= 0.6 is 0 Å². The van der Waals surface area contributed by atoms with Crippen LogP contribution in [0.15, 0.2) is 18.2 Å². The average molecular weight is 379 g/mol. The lowest BCUT2D eigenvalue weighted by Gasteiger charge is -2.40. The van der Waals surface area contributed by atoms with Crippen molar-refractivity contribution in [3.63, 3.8) is 0 Å². The second-order valence-corrected chi connectivity index (χ2v) is 7.21. The Morgan fingerprint density at radius 2 is 2.04 bits per heavy atom. The third-order valence-electron chi connectivity index (χ3n) is 5.61. The lowest BCUT2D eigenvalue weighted by molar-refractivity contribution is -0.00600. The SMILES string of the molecule is FC(F)C1CCN1c1nc(-c2ccc3c(c2)OCC3)c2c(n1)C(F)(F)CC2. The molecule has 1 aromatic heterocycles. The predicted molar refractivity (Wildman–Crippen MR) is 90.6 cm³/mol. The molecule has 1 atom stereocenters. The van der Waals surface area contributed by atoms with E-state index in [1.165, 1.54) is 4.90 Å². The van der Waals surface area contributed by atoms with Gasteiger partial charge in [0.2, 0.25) is 5.95 Å². The molecule has 2 aromatic rings. The van der Waals surface area contributed by atoms with Gasteiger partial charge in [-0.1, -0.05) is 12.1 Å². The van der Waals surface area contributed by atoms with E-state index in [4.69, 9.17) is 4.74 Å². The molecule has 0 bridgehead atoms. The van der Waals surface area contributed by atoms with Gasteiger partial charge in [-0.05, 0) is 24.5 Å². The Balaban J connectivity index is 1.64. The van der Waals surface area contributed by atoms with E-state index in [0.717, 1.165) is 17.7 Å². The van der Waals surface area contributed by atoms with Crippen molar-refractivity contribution >= 4 is 5.95 Å². The fraction of sp³-hybridized carbons (Fsp3) is 0.474. The van der Waals surface area contributed by atoms with Gasteiger partial charge in [0.15, 0.2) is 0 Å². The zero-order valence-corrected chi connectivity index (χ0v) is 14.4. The molecule has 1 aromatic carbocycles. The number of aromatic nitrogens is 2. The minimum Gasteiger partial charge on any atom is -0.493 e. The summed E-state index contributed by atoms with van der Waals surface area (Å²) in [6.45, 7) is 0.930. The van der Waals surface area contributed by atoms with E-state index in [-0.39, 0.29) is 24.5 Å². The number of benzene rings is 1. The fourth-order valence-corrected chi connectivity index (χ4v) is 4.01. The molecule has 142 valence electrons. The first-order chi connectivity index (χ1) is 12.9. The minimum absolute atomic E-state index is 0.0386. The van der Waals surface area contributed by atoms with Crippen LogP contribution in [0.4, 0.5) is 23.5 Å². The van der Waals surface area contributed by atoms with Crippen molar-refractivity contribution in [2.75, 3.05) is 18.1 Å². The molecule has 27 heavy (non-hydrogen) atoms. The number of anilines is 1. The smallest absolute Gasteiger partial charge is 0.290 e. The van der Waals surface area contributed by atoms with Gasteiger partial charge in [-0.3, -0.25) is 0 Å². The van der Waals surface area contributed by atoms with E-state index >= 15 is 0 Å². The zero-order valence-electron chi connectivity index (χ0n) is 14.4. The summed E-state index contributed by atoms with van der Waals surface area (Å²) in [7, 11) is 0. The van der Waals surface area contributed by atoms with Gasteiger partial charge < -0.3 is 9.64 Å². The van der Waals surface area contributed by atoms with Crippen LogP contribution in [0.2, 0.25) is 0 Å². The molecule has 8 heteroatoms. The van der Waals surface area contributed by atoms with Crippen molar-refractivity contribution in [1.82, 2.24) is 9.97 Å². The van der Waals surface area contributed by atoms with E-state index in [2.05, 4.69) is 9.97 Å². The summed E-state index contributed by atoms with van der Waals surface area (Å²) < 4.78 is 60.7. The van der Waals surface area contributed by atoms with Crippen molar-refractivity contribution in [3.8, 4) is 17.0 Å². The van der Waals surface area contributed by atoms with Crippen molar-refractivity contribution in [3.05, 3.63) is 35.0 Å². The summed E-state index contributed by atoms with van der Waals surface area (Å²) in [5.41, 5.74) is 2.18. The Kier molecular flexibility index (Phi) is 3.61. The van der Waals surface area contributed by atoms with Crippen LogP contribution in [0.1, 0.15) is 29.7 Å². The summed E-state index contributed by atoms with van der Waals surface area (Å²) in [5, 5.41) is 0. The third kappa shape index (κ3) is 2.56. The van der Waals surface area contributed by atoms with Crippen molar-refractivity contribution < 1.29 is 22.3 Å². The maximum atomic E-state index is 14.4. The molecule has 0 saturated carbocycles. The third-order valence-corrected chi connectivity index (χ3v) is 5.61. The van der Waals surface area contributed by atoms with E-state index in [9.17, 15) is 17.6 Å². The highest BCUT2D eigenvalue weighted by Gasteiger charge is 2.45. The number of halogens is 4. The van der Waals surface area contributed by atoms with Gasteiger partial charge in [-0.15, -0.1) is 0 Å². The maximum absolute atomic E-state index is 14.4. The summed E-state index contributed by atoms with van der Waals surface area (Å²) in [6.07, 6.45) is -1.63. The molecule has 1 fully saturated rings. The van der Waals surface area contributed by atoms with Crippen LogP contribution in [-0.4, -0.2) is 35.6 Å². The molecule has 3 aliphatic rings. The first kappa shape index (κ1) is 16.8. The molecule has 1 aliphatic carbocycles. The first-order valence-corrected chi connectivity index (χ1v) is 9.04. The molecule has 1 saturated heterocycles. The van der Waals surface area contributed by atoms with Crippen LogP contribution in [0.5, 0.6) is 5.75 Å². The quantitative estimate of drug-likeness (QED) is 0.757. The molecular formula is C19H17F4N3O. The Morgan fingerprint density at radius 3 is 2.78 bits per heavy atom. The van der Waals surface area contributed by atoms with Gasteiger partial charge in [0.05, 0.1) is 18.3 Å². The number of alkyl halides is 4.